The Morgan fingerprint density at radius 3 is 2.27 bits per heavy atom. The van der Waals surface area contributed by atoms with E-state index in [0.29, 0.717) is 23.7 Å². The first-order chi connectivity index (χ1) is 5.31. The normalized spacial score (nSPS) is 43.0. The number of carbonyl (C=O) groups excluding carboxylic acids is 1. The lowest BCUT2D eigenvalue weighted by Gasteiger charge is -2.25. The van der Waals surface area contributed by atoms with Crippen LogP contribution in [0, 0.1) is 11.8 Å². The summed E-state index contributed by atoms with van der Waals surface area (Å²) in [6.07, 6.45) is 4.49. The minimum absolute atomic E-state index is 0.409. The number of hydrogen-bond acceptors (Lipinski definition) is 2. The molecule has 2 rings (SSSR count). The number of rotatable bonds is 1. The molecule has 2 unspecified atom stereocenters. The van der Waals surface area contributed by atoms with Crippen molar-refractivity contribution in [1.29, 1.82) is 0 Å². The molecule has 62 valence electrons. The van der Waals surface area contributed by atoms with Gasteiger partial charge in [0.25, 0.3) is 0 Å². The number of hydrogen-bond donors (Lipinski definition) is 1. The van der Waals surface area contributed by atoms with Crippen LogP contribution in [0.15, 0.2) is 0 Å². The Morgan fingerprint density at radius 1 is 1.27 bits per heavy atom. The Balaban J connectivity index is 2.08. The zero-order chi connectivity index (χ0) is 7.84. The summed E-state index contributed by atoms with van der Waals surface area (Å²) in [6.45, 7) is 0. The van der Waals surface area contributed by atoms with Gasteiger partial charge in [0.1, 0.15) is 5.78 Å². The van der Waals surface area contributed by atoms with E-state index in [-0.39, 0.29) is 0 Å². The molecule has 0 radical (unpaired) electrons. The van der Waals surface area contributed by atoms with Gasteiger partial charge in [0.2, 0.25) is 0 Å². The lowest BCUT2D eigenvalue weighted by atomic mass is 9.84. The van der Waals surface area contributed by atoms with Gasteiger partial charge in [0, 0.05) is 17.9 Å². The smallest absolute Gasteiger partial charge is 0.139 e. The fourth-order valence-corrected chi connectivity index (χ4v) is 2.51. The lowest BCUT2D eigenvalue weighted by Crippen LogP contribution is -2.36. The largest absolute Gasteiger partial charge is 0.317 e. The van der Waals surface area contributed by atoms with Gasteiger partial charge in [-0.15, -0.1) is 0 Å². The van der Waals surface area contributed by atoms with Crippen molar-refractivity contribution in [2.45, 2.75) is 31.7 Å². The second-order valence-corrected chi connectivity index (χ2v) is 3.83. The molecule has 1 N–H and O–H groups in total. The van der Waals surface area contributed by atoms with Gasteiger partial charge in [-0.05, 0) is 32.7 Å². The van der Waals surface area contributed by atoms with Crippen LogP contribution in [-0.2, 0) is 4.79 Å². The van der Waals surface area contributed by atoms with Crippen molar-refractivity contribution >= 4 is 5.78 Å². The predicted octanol–water partition coefficient (Wildman–Crippen LogP) is 0.963. The van der Waals surface area contributed by atoms with E-state index < -0.39 is 0 Å². The van der Waals surface area contributed by atoms with E-state index in [1.165, 1.54) is 0 Å². The molecule has 0 heterocycles. The summed E-state index contributed by atoms with van der Waals surface area (Å²) in [6, 6.07) is 0.616. The van der Waals surface area contributed by atoms with Crippen molar-refractivity contribution < 1.29 is 4.79 Å². The summed E-state index contributed by atoms with van der Waals surface area (Å²) >= 11 is 0. The highest BCUT2D eigenvalue weighted by molar-refractivity contribution is 5.86. The average Bonchev–Trinajstić information content (AvgIpc) is 2.26. The third-order valence-corrected chi connectivity index (χ3v) is 3.21. The van der Waals surface area contributed by atoms with E-state index in [9.17, 15) is 4.79 Å². The van der Waals surface area contributed by atoms with Gasteiger partial charge in [-0.25, -0.2) is 0 Å². The van der Waals surface area contributed by atoms with E-state index in [0.717, 1.165) is 25.7 Å². The first-order valence-corrected chi connectivity index (χ1v) is 4.52. The van der Waals surface area contributed by atoms with Crippen LogP contribution in [-0.4, -0.2) is 18.9 Å². The molecule has 0 aromatic heterocycles. The van der Waals surface area contributed by atoms with Gasteiger partial charge in [-0.2, -0.15) is 0 Å². The molecule has 2 aliphatic rings. The SMILES string of the molecule is CNC1CC2CCC(C1)C2=O. The molecule has 0 spiro atoms. The lowest BCUT2D eigenvalue weighted by molar-refractivity contribution is -0.126. The molecule has 0 saturated heterocycles. The van der Waals surface area contributed by atoms with Crippen LogP contribution < -0.4 is 5.32 Å². The third-order valence-electron chi connectivity index (χ3n) is 3.21. The summed E-state index contributed by atoms with van der Waals surface area (Å²) in [5, 5.41) is 3.27. The zero-order valence-electron chi connectivity index (χ0n) is 6.97. The van der Waals surface area contributed by atoms with Gasteiger partial charge >= 0.3 is 0 Å². The van der Waals surface area contributed by atoms with Crippen LogP contribution in [0.5, 0.6) is 0 Å². The molecule has 2 bridgehead atoms. The monoisotopic (exact) mass is 153 g/mol. The van der Waals surface area contributed by atoms with Gasteiger partial charge in [0.15, 0.2) is 0 Å². The molecule has 2 nitrogen and oxygen atoms in total. The molecule has 2 aliphatic carbocycles. The van der Waals surface area contributed by atoms with Crippen molar-refractivity contribution in [2.24, 2.45) is 11.8 Å². The van der Waals surface area contributed by atoms with Gasteiger partial charge in [-0.1, -0.05) is 0 Å². The molecule has 2 saturated carbocycles. The Labute approximate surface area is 67.4 Å². The fourth-order valence-electron chi connectivity index (χ4n) is 2.51. The number of fused-ring (bicyclic) bond motifs is 2. The quantitative estimate of drug-likeness (QED) is 0.608. The average molecular weight is 153 g/mol. The zero-order valence-corrected chi connectivity index (χ0v) is 6.97. The van der Waals surface area contributed by atoms with Crippen LogP contribution >= 0.6 is 0 Å². The summed E-state index contributed by atoms with van der Waals surface area (Å²) in [7, 11) is 2.00. The third kappa shape index (κ3) is 1.09. The molecule has 0 amide bonds. The van der Waals surface area contributed by atoms with E-state index in [4.69, 9.17) is 0 Å². The molecular formula is C9H15NO. The molecule has 0 aromatic carbocycles. The van der Waals surface area contributed by atoms with E-state index in [1.807, 2.05) is 7.05 Å². The van der Waals surface area contributed by atoms with Crippen molar-refractivity contribution in [2.75, 3.05) is 7.05 Å². The Bertz CT molecular complexity index is 162. The van der Waals surface area contributed by atoms with Crippen LogP contribution in [0.25, 0.3) is 0 Å². The maximum absolute atomic E-state index is 11.4. The highest BCUT2D eigenvalue weighted by Gasteiger charge is 2.40. The standard InChI is InChI=1S/C9H15NO/c1-10-8-4-6-2-3-7(5-8)9(6)11/h6-8,10H,2-5H2,1H3. The van der Waals surface area contributed by atoms with Crippen molar-refractivity contribution in [1.82, 2.24) is 5.32 Å². The summed E-state index contributed by atoms with van der Waals surface area (Å²) in [5.74, 6) is 1.37. The van der Waals surface area contributed by atoms with Crippen LogP contribution in [0.3, 0.4) is 0 Å². The molecule has 0 aromatic rings. The highest BCUT2D eigenvalue weighted by Crippen LogP contribution is 2.38. The molecule has 0 aliphatic heterocycles. The van der Waals surface area contributed by atoms with Crippen LogP contribution in [0.4, 0.5) is 0 Å². The first kappa shape index (κ1) is 7.29. The minimum Gasteiger partial charge on any atom is -0.317 e. The van der Waals surface area contributed by atoms with E-state index >= 15 is 0 Å². The maximum Gasteiger partial charge on any atom is 0.139 e. The fraction of sp³-hybridized carbons (Fsp3) is 0.889. The van der Waals surface area contributed by atoms with Gasteiger partial charge in [0.05, 0.1) is 0 Å². The van der Waals surface area contributed by atoms with Crippen molar-refractivity contribution in [3.05, 3.63) is 0 Å². The number of Topliss-reactive ketones (excluding diaryl/α,β-unsaturated/α-hetero) is 1. The summed E-state index contributed by atoms with van der Waals surface area (Å²) in [4.78, 5) is 11.4. The number of nitrogens with one attached hydrogen (secondary N) is 1. The molecule has 2 atom stereocenters. The molecule has 2 heteroatoms. The Kier molecular flexibility index (Phi) is 1.72. The second kappa shape index (κ2) is 2.59. The minimum atomic E-state index is 0.409. The van der Waals surface area contributed by atoms with Crippen LogP contribution in [0.2, 0.25) is 0 Å². The number of carbonyl (C=O) groups is 1. The van der Waals surface area contributed by atoms with Crippen LogP contribution in [0.1, 0.15) is 25.7 Å². The van der Waals surface area contributed by atoms with Crippen molar-refractivity contribution in [3.8, 4) is 0 Å². The predicted molar refractivity (Wildman–Crippen MR) is 43.3 cm³/mol. The molecule has 11 heavy (non-hydrogen) atoms. The maximum atomic E-state index is 11.4. The van der Waals surface area contributed by atoms with Crippen molar-refractivity contribution in [3.63, 3.8) is 0 Å². The summed E-state index contributed by atoms with van der Waals surface area (Å²) < 4.78 is 0. The van der Waals surface area contributed by atoms with E-state index in [1.54, 1.807) is 0 Å². The molecule has 2 fully saturated rings. The Hall–Kier alpha value is -0.370. The topological polar surface area (TPSA) is 29.1 Å². The number of ketones is 1. The van der Waals surface area contributed by atoms with Gasteiger partial charge in [-0.3, -0.25) is 4.79 Å². The second-order valence-electron chi connectivity index (χ2n) is 3.83. The summed E-state index contributed by atoms with van der Waals surface area (Å²) in [5.41, 5.74) is 0. The Morgan fingerprint density at radius 2 is 1.82 bits per heavy atom. The first-order valence-electron chi connectivity index (χ1n) is 4.52. The molecular weight excluding hydrogens is 138 g/mol. The van der Waals surface area contributed by atoms with E-state index in [2.05, 4.69) is 5.32 Å². The van der Waals surface area contributed by atoms with Gasteiger partial charge < -0.3 is 5.32 Å². The highest BCUT2D eigenvalue weighted by atomic mass is 16.1.